The van der Waals surface area contributed by atoms with Crippen LogP contribution in [0, 0.1) is 5.82 Å². The second kappa shape index (κ2) is 3.53. The van der Waals surface area contributed by atoms with Gasteiger partial charge in [-0.3, -0.25) is 4.79 Å². The van der Waals surface area contributed by atoms with Crippen molar-refractivity contribution in [3.05, 3.63) is 51.7 Å². The van der Waals surface area contributed by atoms with E-state index in [1.54, 1.807) is 6.07 Å². The number of aromatic amines is 1. The van der Waals surface area contributed by atoms with Gasteiger partial charge < -0.3 is 4.98 Å². The number of fused-ring (bicyclic) bond motifs is 3. The summed E-state index contributed by atoms with van der Waals surface area (Å²) in [5.74, 6) is -0.456. The van der Waals surface area contributed by atoms with Gasteiger partial charge in [-0.25, -0.2) is 9.37 Å². The Labute approximate surface area is 99.9 Å². The van der Waals surface area contributed by atoms with Crippen molar-refractivity contribution in [3.8, 4) is 0 Å². The molecular formula is C12H6ClFN2O. The number of rotatable bonds is 0. The van der Waals surface area contributed by atoms with E-state index in [0.29, 0.717) is 21.4 Å². The van der Waals surface area contributed by atoms with Crippen LogP contribution in [0.5, 0.6) is 0 Å². The molecule has 3 nitrogen and oxygen atoms in total. The number of H-pyrrole nitrogens is 1. The number of nitrogens with zero attached hydrogens (tertiary/aromatic N) is 1. The van der Waals surface area contributed by atoms with Gasteiger partial charge in [0.1, 0.15) is 11.5 Å². The largest absolute Gasteiger partial charge is 0.306 e. The number of benzene rings is 1. The molecule has 0 aliphatic carbocycles. The minimum atomic E-state index is -0.456. The van der Waals surface area contributed by atoms with Crippen LogP contribution in [0.15, 0.2) is 35.3 Å². The number of pyridine rings is 2. The van der Waals surface area contributed by atoms with Crippen LogP contribution < -0.4 is 5.56 Å². The molecule has 1 aromatic carbocycles. The normalized spacial score (nSPS) is 11.2. The third kappa shape index (κ3) is 1.49. The molecule has 0 atom stereocenters. The average Bonchev–Trinajstić information content (AvgIpc) is 2.30. The summed E-state index contributed by atoms with van der Waals surface area (Å²) in [6.45, 7) is 0. The van der Waals surface area contributed by atoms with Gasteiger partial charge in [0.2, 0.25) is 0 Å². The molecule has 1 N–H and O–H groups in total. The molecule has 0 amide bonds. The van der Waals surface area contributed by atoms with Crippen molar-refractivity contribution in [3.63, 3.8) is 0 Å². The maximum Gasteiger partial charge on any atom is 0.257 e. The Kier molecular flexibility index (Phi) is 2.12. The minimum Gasteiger partial charge on any atom is -0.306 e. The number of hydrogen-bond acceptors (Lipinski definition) is 2. The molecule has 17 heavy (non-hydrogen) atoms. The molecule has 0 unspecified atom stereocenters. The van der Waals surface area contributed by atoms with Crippen molar-refractivity contribution >= 4 is 33.4 Å². The highest BCUT2D eigenvalue weighted by Gasteiger charge is 2.09. The average molecular weight is 249 g/mol. The van der Waals surface area contributed by atoms with Gasteiger partial charge in [-0.15, -0.1) is 0 Å². The van der Waals surface area contributed by atoms with E-state index in [-0.39, 0.29) is 10.9 Å². The predicted octanol–water partition coefficient (Wildman–Crippen LogP) is 2.87. The van der Waals surface area contributed by atoms with Crippen LogP contribution >= 0.6 is 11.6 Å². The molecule has 5 heteroatoms. The molecule has 2 aromatic heterocycles. The molecule has 0 saturated carbocycles. The van der Waals surface area contributed by atoms with Crippen molar-refractivity contribution in [2.24, 2.45) is 0 Å². The Bertz CT molecular complexity index is 797. The van der Waals surface area contributed by atoms with Crippen molar-refractivity contribution in [1.29, 1.82) is 0 Å². The van der Waals surface area contributed by atoms with Crippen molar-refractivity contribution < 1.29 is 4.39 Å². The van der Waals surface area contributed by atoms with Gasteiger partial charge >= 0.3 is 0 Å². The molecule has 3 rings (SSSR count). The lowest BCUT2D eigenvalue weighted by molar-refractivity contribution is 0.629. The lowest BCUT2D eigenvalue weighted by Gasteiger charge is -2.04. The first-order valence-corrected chi connectivity index (χ1v) is 5.30. The highest BCUT2D eigenvalue weighted by molar-refractivity contribution is 6.37. The molecule has 3 aromatic rings. The van der Waals surface area contributed by atoms with Gasteiger partial charge in [0.05, 0.1) is 10.4 Å². The van der Waals surface area contributed by atoms with E-state index >= 15 is 0 Å². The Morgan fingerprint density at radius 2 is 2.06 bits per heavy atom. The summed E-state index contributed by atoms with van der Waals surface area (Å²) in [4.78, 5) is 18.4. The third-order valence-electron chi connectivity index (χ3n) is 2.63. The van der Waals surface area contributed by atoms with Crippen LogP contribution in [0.2, 0.25) is 5.02 Å². The van der Waals surface area contributed by atoms with E-state index in [2.05, 4.69) is 9.97 Å². The minimum absolute atomic E-state index is 0.271. The van der Waals surface area contributed by atoms with E-state index in [9.17, 15) is 9.18 Å². The molecule has 0 bridgehead atoms. The Hall–Kier alpha value is -1.94. The second-order valence-electron chi connectivity index (χ2n) is 3.66. The molecular weight excluding hydrogens is 243 g/mol. The highest BCUT2D eigenvalue weighted by atomic mass is 35.5. The Balaban J connectivity index is 2.68. The zero-order valence-electron chi connectivity index (χ0n) is 8.50. The third-order valence-corrected chi connectivity index (χ3v) is 2.94. The fourth-order valence-electron chi connectivity index (χ4n) is 1.89. The van der Waals surface area contributed by atoms with Crippen LogP contribution in [-0.4, -0.2) is 9.97 Å². The molecule has 0 fully saturated rings. The highest BCUT2D eigenvalue weighted by Crippen LogP contribution is 2.26. The second-order valence-corrected chi connectivity index (χ2v) is 4.07. The first-order valence-electron chi connectivity index (χ1n) is 4.92. The summed E-state index contributed by atoms with van der Waals surface area (Å²) < 4.78 is 13.1. The summed E-state index contributed by atoms with van der Waals surface area (Å²) in [6, 6.07) is 5.66. The van der Waals surface area contributed by atoms with Gasteiger partial charge in [0.15, 0.2) is 0 Å². The fourth-order valence-corrected chi connectivity index (χ4v) is 2.13. The number of halogens is 2. The van der Waals surface area contributed by atoms with Gasteiger partial charge in [0.25, 0.3) is 5.56 Å². The zero-order chi connectivity index (χ0) is 12.0. The number of nitrogens with one attached hydrogen (secondary N) is 1. The summed E-state index contributed by atoms with van der Waals surface area (Å²) >= 11 is 6.07. The molecule has 0 saturated heterocycles. The summed E-state index contributed by atoms with van der Waals surface area (Å²) in [5, 5.41) is 1.97. The SMILES string of the molecule is O=c1[nH]c2nccc(Cl)c2c2ccc(F)cc12. The van der Waals surface area contributed by atoms with E-state index in [4.69, 9.17) is 11.6 Å². The first-order chi connectivity index (χ1) is 8.16. The number of aromatic nitrogens is 2. The predicted molar refractivity (Wildman–Crippen MR) is 64.8 cm³/mol. The fraction of sp³-hybridized carbons (Fsp3) is 0. The topological polar surface area (TPSA) is 45.8 Å². The molecule has 0 spiro atoms. The van der Waals surface area contributed by atoms with Crippen LogP contribution in [0.1, 0.15) is 0 Å². The zero-order valence-corrected chi connectivity index (χ0v) is 9.25. The van der Waals surface area contributed by atoms with Crippen LogP contribution in [0.4, 0.5) is 4.39 Å². The molecule has 84 valence electrons. The quantitative estimate of drug-likeness (QED) is 0.622. The van der Waals surface area contributed by atoms with E-state index in [1.807, 2.05) is 0 Å². The van der Waals surface area contributed by atoms with Gasteiger partial charge in [0, 0.05) is 11.6 Å². The maximum atomic E-state index is 13.1. The monoisotopic (exact) mass is 248 g/mol. The van der Waals surface area contributed by atoms with Crippen LogP contribution in [0.25, 0.3) is 21.8 Å². The molecule has 2 heterocycles. The first kappa shape index (κ1) is 10.2. The van der Waals surface area contributed by atoms with E-state index < -0.39 is 5.82 Å². The standard InChI is InChI=1S/C12H6ClFN2O/c13-9-3-4-15-11-10(9)7-2-1-6(14)5-8(7)12(17)16-11/h1-5H,(H,15,16,17). The molecule has 0 radical (unpaired) electrons. The van der Waals surface area contributed by atoms with Crippen LogP contribution in [0.3, 0.4) is 0 Å². The van der Waals surface area contributed by atoms with Crippen molar-refractivity contribution in [2.45, 2.75) is 0 Å². The van der Waals surface area contributed by atoms with Gasteiger partial charge in [-0.05, 0) is 23.6 Å². The summed E-state index contributed by atoms with van der Waals surface area (Å²) in [5.41, 5.74) is 0.0309. The number of hydrogen-bond donors (Lipinski definition) is 1. The lowest BCUT2D eigenvalue weighted by atomic mass is 10.1. The lowest BCUT2D eigenvalue weighted by Crippen LogP contribution is -2.07. The Morgan fingerprint density at radius 3 is 2.88 bits per heavy atom. The maximum absolute atomic E-state index is 13.1. The van der Waals surface area contributed by atoms with Gasteiger partial charge in [-0.1, -0.05) is 17.7 Å². The molecule has 0 aliphatic heterocycles. The van der Waals surface area contributed by atoms with E-state index in [1.165, 1.54) is 24.4 Å². The van der Waals surface area contributed by atoms with Crippen molar-refractivity contribution in [2.75, 3.05) is 0 Å². The van der Waals surface area contributed by atoms with Crippen LogP contribution in [-0.2, 0) is 0 Å². The van der Waals surface area contributed by atoms with Gasteiger partial charge in [-0.2, -0.15) is 0 Å². The van der Waals surface area contributed by atoms with E-state index in [0.717, 1.165) is 0 Å². The Morgan fingerprint density at radius 1 is 1.24 bits per heavy atom. The smallest absolute Gasteiger partial charge is 0.257 e. The summed E-state index contributed by atoms with van der Waals surface area (Å²) in [6.07, 6.45) is 1.51. The summed E-state index contributed by atoms with van der Waals surface area (Å²) in [7, 11) is 0. The van der Waals surface area contributed by atoms with Crippen molar-refractivity contribution in [1.82, 2.24) is 9.97 Å². The molecule has 0 aliphatic rings.